The number of rotatable bonds is 3. The Morgan fingerprint density at radius 2 is 1.85 bits per heavy atom. The van der Waals surface area contributed by atoms with Gasteiger partial charge < -0.3 is 15.0 Å². The standard InChI is InChI=1S/C22H32N2O3/c1-6-22(7-2)17-14-16(8-9-18(17)23-19(22)25)15-10-12-24(13-11-15)20(26)27-21(3,4)5/h8-9,14-15H,6-7,10-13H2,1-5H3,(H,23,25). The summed E-state index contributed by atoms with van der Waals surface area (Å²) in [7, 11) is 0. The van der Waals surface area contributed by atoms with Crippen molar-refractivity contribution < 1.29 is 14.3 Å². The SMILES string of the molecule is CCC1(CC)C(=O)Nc2ccc(C3CCN(C(=O)OC(C)(C)C)CC3)cc21. The Morgan fingerprint density at radius 1 is 1.22 bits per heavy atom. The first-order valence-corrected chi connectivity index (χ1v) is 10.1. The van der Waals surface area contributed by atoms with Gasteiger partial charge in [-0.15, -0.1) is 0 Å². The third-order valence-corrected chi connectivity index (χ3v) is 6.07. The summed E-state index contributed by atoms with van der Waals surface area (Å²) in [5, 5.41) is 3.06. The second kappa shape index (κ2) is 7.17. The van der Waals surface area contributed by atoms with E-state index in [9.17, 15) is 9.59 Å². The molecule has 0 unspecified atom stereocenters. The van der Waals surface area contributed by atoms with Crippen LogP contribution in [0, 0.1) is 0 Å². The minimum absolute atomic E-state index is 0.124. The largest absolute Gasteiger partial charge is 0.444 e. The van der Waals surface area contributed by atoms with E-state index in [1.54, 1.807) is 0 Å². The normalized spacial score (nSPS) is 19.6. The minimum Gasteiger partial charge on any atom is -0.444 e. The van der Waals surface area contributed by atoms with Crippen molar-refractivity contribution in [3.05, 3.63) is 29.3 Å². The molecule has 2 aliphatic rings. The molecule has 1 aromatic rings. The number of carbonyl (C=O) groups excluding carboxylic acids is 2. The van der Waals surface area contributed by atoms with Crippen LogP contribution in [-0.2, 0) is 14.9 Å². The van der Waals surface area contributed by atoms with Crippen LogP contribution in [0.5, 0.6) is 0 Å². The van der Waals surface area contributed by atoms with Crippen molar-refractivity contribution >= 4 is 17.7 Å². The zero-order valence-electron chi connectivity index (χ0n) is 17.2. The molecule has 0 spiro atoms. The van der Waals surface area contributed by atoms with Crippen LogP contribution >= 0.6 is 0 Å². The number of nitrogens with zero attached hydrogens (tertiary/aromatic N) is 1. The van der Waals surface area contributed by atoms with Gasteiger partial charge in [0.25, 0.3) is 0 Å². The highest BCUT2D eigenvalue weighted by Crippen LogP contribution is 2.44. The van der Waals surface area contributed by atoms with E-state index in [0.29, 0.717) is 19.0 Å². The minimum atomic E-state index is -0.461. The third kappa shape index (κ3) is 3.69. The van der Waals surface area contributed by atoms with E-state index in [0.717, 1.165) is 36.9 Å². The van der Waals surface area contributed by atoms with E-state index in [-0.39, 0.29) is 12.0 Å². The highest BCUT2D eigenvalue weighted by Gasteiger charge is 2.44. The summed E-state index contributed by atoms with van der Waals surface area (Å²) in [5.41, 5.74) is 2.52. The molecule has 148 valence electrons. The smallest absolute Gasteiger partial charge is 0.410 e. The van der Waals surface area contributed by atoms with Gasteiger partial charge in [-0.2, -0.15) is 0 Å². The summed E-state index contributed by atoms with van der Waals surface area (Å²) < 4.78 is 5.49. The van der Waals surface area contributed by atoms with Crippen LogP contribution in [0.2, 0.25) is 0 Å². The fourth-order valence-electron chi connectivity index (χ4n) is 4.36. The first-order chi connectivity index (χ1) is 12.7. The Labute approximate surface area is 162 Å². The molecule has 1 aromatic carbocycles. The molecule has 0 aromatic heterocycles. The number of anilines is 1. The predicted molar refractivity (Wildman–Crippen MR) is 107 cm³/mol. The zero-order chi connectivity index (χ0) is 19.8. The van der Waals surface area contributed by atoms with Gasteiger partial charge in [-0.05, 0) is 69.6 Å². The van der Waals surface area contributed by atoms with Crippen LogP contribution in [0.15, 0.2) is 18.2 Å². The summed E-state index contributed by atoms with van der Waals surface area (Å²) in [6.07, 6.45) is 3.24. The lowest BCUT2D eigenvalue weighted by Gasteiger charge is -2.34. The Balaban J connectivity index is 1.73. The summed E-state index contributed by atoms with van der Waals surface area (Å²) in [6, 6.07) is 6.41. The maximum absolute atomic E-state index is 12.6. The first kappa shape index (κ1) is 19.7. The quantitative estimate of drug-likeness (QED) is 0.828. The molecule has 2 heterocycles. The highest BCUT2D eigenvalue weighted by atomic mass is 16.6. The molecule has 5 heteroatoms. The second-order valence-electron chi connectivity index (χ2n) is 8.79. The van der Waals surface area contributed by atoms with Crippen molar-refractivity contribution in [2.24, 2.45) is 0 Å². The van der Waals surface area contributed by atoms with Crippen LogP contribution in [0.1, 0.15) is 77.3 Å². The average molecular weight is 373 g/mol. The Morgan fingerprint density at radius 3 is 2.41 bits per heavy atom. The number of ether oxygens (including phenoxy) is 1. The van der Waals surface area contributed by atoms with Crippen LogP contribution < -0.4 is 5.32 Å². The topological polar surface area (TPSA) is 58.6 Å². The van der Waals surface area contributed by atoms with Crippen molar-refractivity contribution in [3.8, 4) is 0 Å². The maximum atomic E-state index is 12.6. The van der Waals surface area contributed by atoms with Gasteiger partial charge in [-0.25, -0.2) is 4.79 Å². The number of nitrogens with one attached hydrogen (secondary N) is 1. The number of hydrogen-bond acceptors (Lipinski definition) is 3. The van der Waals surface area contributed by atoms with E-state index in [2.05, 4.69) is 37.4 Å². The van der Waals surface area contributed by atoms with Gasteiger partial charge in [0.05, 0.1) is 5.41 Å². The van der Waals surface area contributed by atoms with Crippen molar-refractivity contribution in [1.82, 2.24) is 4.90 Å². The first-order valence-electron chi connectivity index (χ1n) is 10.1. The zero-order valence-corrected chi connectivity index (χ0v) is 17.2. The van der Waals surface area contributed by atoms with E-state index >= 15 is 0 Å². The highest BCUT2D eigenvalue weighted by molar-refractivity contribution is 6.06. The molecule has 0 saturated carbocycles. The Bertz CT molecular complexity index is 724. The summed E-state index contributed by atoms with van der Waals surface area (Å²) in [6.45, 7) is 11.3. The van der Waals surface area contributed by atoms with Crippen LogP contribution in [0.25, 0.3) is 0 Å². The molecular formula is C22H32N2O3. The number of fused-ring (bicyclic) bond motifs is 1. The Kier molecular flexibility index (Phi) is 5.24. The fourth-order valence-corrected chi connectivity index (χ4v) is 4.36. The molecule has 1 fully saturated rings. The molecule has 2 amide bonds. The van der Waals surface area contributed by atoms with Crippen molar-refractivity contribution in [3.63, 3.8) is 0 Å². The molecule has 3 rings (SSSR count). The van der Waals surface area contributed by atoms with Crippen molar-refractivity contribution in [1.29, 1.82) is 0 Å². The van der Waals surface area contributed by atoms with E-state index in [1.807, 2.05) is 25.7 Å². The van der Waals surface area contributed by atoms with Gasteiger partial charge in [0, 0.05) is 18.8 Å². The van der Waals surface area contributed by atoms with E-state index < -0.39 is 11.0 Å². The van der Waals surface area contributed by atoms with E-state index in [4.69, 9.17) is 4.74 Å². The van der Waals surface area contributed by atoms with Gasteiger partial charge in [-0.3, -0.25) is 4.79 Å². The van der Waals surface area contributed by atoms with Crippen LogP contribution in [0.3, 0.4) is 0 Å². The van der Waals surface area contributed by atoms with Gasteiger partial charge in [0.1, 0.15) is 5.60 Å². The molecule has 2 aliphatic heterocycles. The lowest BCUT2D eigenvalue weighted by atomic mass is 9.75. The molecule has 1 N–H and O–H groups in total. The van der Waals surface area contributed by atoms with E-state index in [1.165, 1.54) is 5.56 Å². The number of benzene rings is 1. The number of carbonyl (C=O) groups is 2. The average Bonchev–Trinajstić information content (AvgIpc) is 2.91. The van der Waals surface area contributed by atoms with Crippen LogP contribution in [-0.4, -0.2) is 35.6 Å². The molecule has 27 heavy (non-hydrogen) atoms. The maximum Gasteiger partial charge on any atom is 0.410 e. The van der Waals surface area contributed by atoms with Crippen LogP contribution in [0.4, 0.5) is 10.5 Å². The van der Waals surface area contributed by atoms with Crippen molar-refractivity contribution in [2.45, 2.75) is 77.2 Å². The summed E-state index contributed by atoms with van der Waals surface area (Å²) >= 11 is 0. The molecule has 0 aliphatic carbocycles. The van der Waals surface area contributed by atoms with Gasteiger partial charge in [0.2, 0.25) is 5.91 Å². The van der Waals surface area contributed by atoms with Gasteiger partial charge in [0.15, 0.2) is 0 Å². The van der Waals surface area contributed by atoms with Gasteiger partial charge in [-0.1, -0.05) is 26.0 Å². The molecule has 1 saturated heterocycles. The lowest BCUT2D eigenvalue weighted by molar-refractivity contribution is -0.121. The predicted octanol–water partition coefficient (Wildman–Crippen LogP) is 4.81. The number of hydrogen-bond donors (Lipinski definition) is 1. The third-order valence-electron chi connectivity index (χ3n) is 6.07. The second-order valence-corrected chi connectivity index (χ2v) is 8.79. The number of amides is 2. The molecule has 0 atom stereocenters. The fraction of sp³-hybridized carbons (Fsp3) is 0.636. The molecule has 5 nitrogen and oxygen atoms in total. The number of likely N-dealkylation sites (tertiary alicyclic amines) is 1. The molecular weight excluding hydrogens is 340 g/mol. The number of piperidine rings is 1. The molecule has 0 bridgehead atoms. The molecule has 0 radical (unpaired) electrons. The van der Waals surface area contributed by atoms with Crippen molar-refractivity contribution in [2.75, 3.05) is 18.4 Å². The summed E-state index contributed by atoms with van der Waals surface area (Å²) in [5.74, 6) is 0.537. The van der Waals surface area contributed by atoms with Gasteiger partial charge >= 0.3 is 6.09 Å². The summed E-state index contributed by atoms with van der Waals surface area (Å²) in [4.78, 5) is 26.6. The Hall–Kier alpha value is -2.04. The monoisotopic (exact) mass is 372 g/mol. The lowest BCUT2D eigenvalue weighted by Crippen LogP contribution is -2.41.